The molecule has 1 atom stereocenters. The van der Waals surface area contributed by atoms with Gasteiger partial charge >= 0.3 is 0 Å². The summed E-state index contributed by atoms with van der Waals surface area (Å²) in [6.45, 7) is 4.52. The first-order valence-corrected chi connectivity index (χ1v) is 7.56. The van der Waals surface area contributed by atoms with E-state index in [0.29, 0.717) is 23.4 Å². The minimum Gasteiger partial charge on any atom is -0.496 e. The number of carbonyl (C=O) groups excluding carboxylic acids is 1. The number of hydrogen-bond donors (Lipinski definition) is 0. The molecule has 0 aliphatic carbocycles. The number of ether oxygens (including phenoxy) is 1. The van der Waals surface area contributed by atoms with Crippen molar-refractivity contribution in [3.63, 3.8) is 0 Å². The summed E-state index contributed by atoms with van der Waals surface area (Å²) in [6, 6.07) is 16.6. The van der Waals surface area contributed by atoms with Gasteiger partial charge < -0.3 is 9.64 Å². The summed E-state index contributed by atoms with van der Waals surface area (Å²) in [5.74, 6) is 0.504. The number of benzene rings is 2. The Labute approximate surface area is 136 Å². The third-order valence-corrected chi connectivity index (χ3v) is 3.93. The predicted molar refractivity (Wildman–Crippen MR) is 89.3 cm³/mol. The lowest BCUT2D eigenvalue weighted by atomic mass is 10.0. The Kier molecular flexibility index (Phi) is 5.37. The van der Waals surface area contributed by atoms with Crippen LogP contribution in [0.5, 0.6) is 5.75 Å². The van der Waals surface area contributed by atoms with Crippen molar-refractivity contribution in [3.8, 4) is 11.8 Å². The van der Waals surface area contributed by atoms with Crippen molar-refractivity contribution in [2.24, 2.45) is 0 Å². The highest BCUT2D eigenvalue weighted by Crippen LogP contribution is 2.26. The molecular weight excluding hydrogens is 288 g/mol. The van der Waals surface area contributed by atoms with Crippen molar-refractivity contribution in [2.75, 3.05) is 13.7 Å². The van der Waals surface area contributed by atoms with Gasteiger partial charge in [0.25, 0.3) is 5.91 Å². The van der Waals surface area contributed by atoms with Crippen molar-refractivity contribution in [1.82, 2.24) is 4.90 Å². The molecule has 2 aromatic carbocycles. The van der Waals surface area contributed by atoms with Gasteiger partial charge in [0, 0.05) is 6.54 Å². The van der Waals surface area contributed by atoms with Gasteiger partial charge in [-0.25, -0.2) is 0 Å². The molecular formula is C19H20N2O2. The van der Waals surface area contributed by atoms with Crippen LogP contribution in [0.4, 0.5) is 0 Å². The second kappa shape index (κ2) is 7.46. The first-order valence-electron chi connectivity index (χ1n) is 7.56. The van der Waals surface area contributed by atoms with Crippen molar-refractivity contribution in [3.05, 3.63) is 65.2 Å². The Bertz CT molecular complexity index is 717. The molecule has 1 unspecified atom stereocenters. The minimum absolute atomic E-state index is 0.0678. The van der Waals surface area contributed by atoms with Gasteiger partial charge in [-0.2, -0.15) is 5.26 Å². The summed E-state index contributed by atoms with van der Waals surface area (Å²) in [5.41, 5.74) is 2.16. The van der Waals surface area contributed by atoms with E-state index in [1.54, 1.807) is 36.3 Å². The summed E-state index contributed by atoms with van der Waals surface area (Å²) in [7, 11) is 1.56. The quantitative estimate of drug-likeness (QED) is 0.844. The number of methoxy groups -OCH3 is 1. The summed E-state index contributed by atoms with van der Waals surface area (Å²) in [5, 5.41) is 8.89. The van der Waals surface area contributed by atoms with Gasteiger partial charge in [-0.05, 0) is 43.7 Å². The second-order valence-electron chi connectivity index (χ2n) is 5.20. The molecule has 4 heteroatoms. The molecule has 0 saturated heterocycles. The minimum atomic E-state index is -0.0924. The van der Waals surface area contributed by atoms with Gasteiger partial charge in [0.05, 0.1) is 30.3 Å². The van der Waals surface area contributed by atoms with Crippen LogP contribution in [0.3, 0.4) is 0 Å². The topological polar surface area (TPSA) is 53.3 Å². The molecule has 2 rings (SSSR count). The Hall–Kier alpha value is -2.80. The van der Waals surface area contributed by atoms with Crippen molar-refractivity contribution in [2.45, 2.75) is 19.9 Å². The Morgan fingerprint density at radius 3 is 2.43 bits per heavy atom. The molecule has 118 valence electrons. The van der Waals surface area contributed by atoms with Gasteiger partial charge in [-0.1, -0.05) is 24.3 Å². The zero-order valence-electron chi connectivity index (χ0n) is 13.6. The molecule has 2 aromatic rings. The lowest BCUT2D eigenvalue weighted by Gasteiger charge is -2.29. The molecule has 0 spiro atoms. The average molecular weight is 308 g/mol. The van der Waals surface area contributed by atoms with Crippen LogP contribution in [0.2, 0.25) is 0 Å². The molecule has 1 amide bonds. The SMILES string of the molecule is CCN(C(=O)c1ccccc1OC)C(C)c1ccc(C#N)cc1. The van der Waals surface area contributed by atoms with E-state index in [1.165, 1.54) is 0 Å². The van der Waals surface area contributed by atoms with Crippen LogP contribution in [0.25, 0.3) is 0 Å². The maximum absolute atomic E-state index is 12.9. The normalized spacial score (nSPS) is 11.4. The molecule has 0 aliphatic rings. The van der Waals surface area contributed by atoms with Crippen LogP contribution < -0.4 is 4.74 Å². The molecule has 0 fully saturated rings. The van der Waals surface area contributed by atoms with Gasteiger partial charge in [-0.3, -0.25) is 4.79 Å². The summed E-state index contributed by atoms with van der Waals surface area (Å²) >= 11 is 0. The molecule has 4 nitrogen and oxygen atoms in total. The van der Waals surface area contributed by atoms with Crippen molar-refractivity contribution >= 4 is 5.91 Å². The average Bonchev–Trinajstić information content (AvgIpc) is 2.62. The summed E-state index contributed by atoms with van der Waals surface area (Å²) in [6.07, 6.45) is 0. The number of carbonyl (C=O) groups is 1. The second-order valence-corrected chi connectivity index (χ2v) is 5.20. The Balaban J connectivity index is 2.30. The highest BCUT2D eigenvalue weighted by atomic mass is 16.5. The first-order chi connectivity index (χ1) is 11.1. The fourth-order valence-electron chi connectivity index (χ4n) is 2.59. The number of nitrogens with zero attached hydrogens (tertiary/aromatic N) is 2. The lowest BCUT2D eigenvalue weighted by Crippen LogP contribution is -2.33. The van der Waals surface area contributed by atoms with Crippen molar-refractivity contribution < 1.29 is 9.53 Å². The number of para-hydroxylation sites is 1. The van der Waals surface area contributed by atoms with E-state index in [2.05, 4.69) is 6.07 Å². The number of hydrogen-bond acceptors (Lipinski definition) is 3. The fourth-order valence-corrected chi connectivity index (χ4v) is 2.59. The standard InChI is InChI=1S/C19H20N2O2/c1-4-21(14(2)16-11-9-15(13-20)10-12-16)19(22)17-7-5-6-8-18(17)23-3/h5-12,14H,4H2,1-3H3. The molecule has 0 aliphatic heterocycles. The van der Waals surface area contributed by atoms with Crippen molar-refractivity contribution in [1.29, 1.82) is 5.26 Å². The number of amides is 1. The van der Waals surface area contributed by atoms with Gasteiger partial charge in [0.2, 0.25) is 0 Å². The summed E-state index contributed by atoms with van der Waals surface area (Å²) in [4.78, 5) is 14.7. The van der Waals surface area contributed by atoms with Gasteiger partial charge in [0.1, 0.15) is 5.75 Å². The lowest BCUT2D eigenvalue weighted by molar-refractivity contribution is 0.0699. The highest BCUT2D eigenvalue weighted by molar-refractivity contribution is 5.97. The van der Waals surface area contributed by atoms with Crippen LogP contribution >= 0.6 is 0 Å². The van der Waals surface area contributed by atoms with Crippen LogP contribution in [0.15, 0.2) is 48.5 Å². The van der Waals surface area contributed by atoms with E-state index in [-0.39, 0.29) is 11.9 Å². The molecule has 0 N–H and O–H groups in total. The van der Waals surface area contributed by atoms with Crippen LogP contribution in [0, 0.1) is 11.3 Å². The van der Waals surface area contributed by atoms with E-state index in [0.717, 1.165) is 5.56 Å². The maximum atomic E-state index is 12.9. The number of rotatable bonds is 5. The third kappa shape index (κ3) is 3.51. The van der Waals surface area contributed by atoms with Gasteiger partial charge in [0.15, 0.2) is 0 Å². The first kappa shape index (κ1) is 16.6. The molecule has 0 heterocycles. The zero-order valence-corrected chi connectivity index (χ0v) is 13.6. The smallest absolute Gasteiger partial charge is 0.258 e. The van der Waals surface area contributed by atoms with Gasteiger partial charge in [-0.15, -0.1) is 0 Å². The molecule has 23 heavy (non-hydrogen) atoms. The van der Waals surface area contributed by atoms with E-state index in [1.807, 2.05) is 38.1 Å². The van der Waals surface area contributed by atoms with E-state index in [9.17, 15) is 4.79 Å². The third-order valence-electron chi connectivity index (χ3n) is 3.93. The number of nitriles is 1. The van der Waals surface area contributed by atoms with Crippen LogP contribution in [-0.4, -0.2) is 24.5 Å². The molecule has 0 aromatic heterocycles. The van der Waals surface area contributed by atoms with E-state index < -0.39 is 0 Å². The molecule has 0 radical (unpaired) electrons. The maximum Gasteiger partial charge on any atom is 0.258 e. The van der Waals surface area contributed by atoms with E-state index in [4.69, 9.17) is 10.00 Å². The highest BCUT2D eigenvalue weighted by Gasteiger charge is 2.23. The molecule has 0 bridgehead atoms. The van der Waals surface area contributed by atoms with Crippen LogP contribution in [-0.2, 0) is 0 Å². The summed E-state index contributed by atoms with van der Waals surface area (Å²) < 4.78 is 5.29. The van der Waals surface area contributed by atoms with Crippen LogP contribution in [0.1, 0.15) is 41.4 Å². The zero-order chi connectivity index (χ0) is 16.8. The largest absolute Gasteiger partial charge is 0.496 e. The Morgan fingerprint density at radius 2 is 1.87 bits per heavy atom. The monoisotopic (exact) mass is 308 g/mol. The molecule has 0 saturated carbocycles. The van der Waals surface area contributed by atoms with E-state index >= 15 is 0 Å². The fraction of sp³-hybridized carbons (Fsp3) is 0.263. The predicted octanol–water partition coefficient (Wildman–Crippen LogP) is 3.79. The Morgan fingerprint density at radius 1 is 1.22 bits per heavy atom.